The number of allylic oxidation sites excluding steroid dienone is 1. The van der Waals surface area contributed by atoms with E-state index in [2.05, 4.69) is 4.74 Å². The first-order chi connectivity index (χ1) is 14.3. The predicted octanol–water partition coefficient (Wildman–Crippen LogP) is 3.81. The topological polar surface area (TPSA) is 86.0 Å². The SMILES string of the molecule is COC(=O)c1ccc(CN2C(=O)C[C@@H](c3ccccc3)C(C(=O)OC(C)C)=C2C)o1. The molecule has 0 saturated heterocycles. The van der Waals surface area contributed by atoms with Gasteiger partial charge < -0.3 is 18.8 Å². The second kappa shape index (κ2) is 8.98. The lowest BCUT2D eigenvalue weighted by Gasteiger charge is -2.34. The summed E-state index contributed by atoms with van der Waals surface area (Å²) < 4.78 is 15.6. The summed E-state index contributed by atoms with van der Waals surface area (Å²) in [5, 5.41) is 0. The molecule has 0 saturated carbocycles. The van der Waals surface area contributed by atoms with Crippen LogP contribution in [0.4, 0.5) is 0 Å². The van der Waals surface area contributed by atoms with Crippen LogP contribution in [0.3, 0.4) is 0 Å². The lowest BCUT2D eigenvalue weighted by atomic mass is 9.83. The summed E-state index contributed by atoms with van der Waals surface area (Å²) in [4.78, 5) is 39.0. The molecule has 1 amide bonds. The van der Waals surface area contributed by atoms with Crippen LogP contribution in [0.5, 0.6) is 0 Å². The predicted molar refractivity (Wildman–Crippen MR) is 108 cm³/mol. The van der Waals surface area contributed by atoms with Crippen LogP contribution in [-0.2, 0) is 25.6 Å². The first-order valence-electron chi connectivity index (χ1n) is 9.76. The Labute approximate surface area is 175 Å². The number of nitrogens with zero attached hydrogens (tertiary/aromatic N) is 1. The molecule has 3 rings (SSSR count). The van der Waals surface area contributed by atoms with Crippen LogP contribution in [0.15, 0.2) is 58.2 Å². The third-order valence-electron chi connectivity index (χ3n) is 4.95. The number of carbonyl (C=O) groups excluding carboxylic acids is 3. The smallest absolute Gasteiger partial charge is 0.373 e. The summed E-state index contributed by atoms with van der Waals surface area (Å²) in [5.41, 5.74) is 1.85. The highest BCUT2D eigenvalue weighted by Crippen LogP contribution is 2.37. The van der Waals surface area contributed by atoms with Crippen molar-refractivity contribution in [1.29, 1.82) is 0 Å². The molecular formula is C23H25NO6. The van der Waals surface area contributed by atoms with Crippen molar-refractivity contribution in [2.24, 2.45) is 0 Å². The van der Waals surface area contributed by atoms with E-state index >= 15 is 0 Å². The molecule has 1 aliphatic heterocycles. The monoisotopic (exact) mass is 411 g/mol. The molecule has 1 atom stereocenters. The first kappa shape index (κ1) is 21.4. The third-order valence-corrected chi connectivity index (χ3v) is 4.95. The van der Waals surface area contributed by atoms with Crippen molar-refractivity contribution in [2.75, 3.05) is 7.11 Å². The number of rotatable bonds is 6. The molecule has 0 unspecified atom stereocenters. The van der Waals surface area contributed by atoms with Crippen molar-refractivity contribution in [3.05, 3.63) is 70.8 Å². The number of methoxy groups -OCH3 is 1. The van der Waals surface area contributed by atoms with Crippen LogP contribution in [-0.4, -0.2) is 36.0 Å². The summed E-state index contributed by atoms with van der Waals surface area (Å²) in [6, 6.07) is 12.6. The maximum atomic E-state index is 13.0. The molecule has 2 aromatic rings. The molecule has 2 heterocycles. The van der Waals surface area contributed by atoms with Gasteiger partial charge in [-0.05, 0) is 38.5 Å². The molecule has 7 nitrogen and oxygen atoms in total. The highest BCUT2D eigenvalue weighted by Gasteiger charge is 2.37. The lowest BCUT2D eigenvalue weighted by Crippen LogP contribution is -2.38. The summed E-state index contributed by atoms with van der Waals surface area (Å²) in [6.07, 6.45) is -0.151. The number of amides is 1. The first-order valence-corrected chi connectivity index (χ1v) is 9.76. The van der Waals surface area contributed by atoms with E-state index in [-0.39, 0.29) is 36.7 Å². The highest BCUT2D eigenvalue weighted by atomic mass is 16.5. The fraction of sp³-hybridized carbons (Fsp3) is 0.348. The molecular weight excluding hydrogens is 386 g/mol. The van der Waals surface area contributed by atoms with Gasteiger partial charge in [0.2, 0.25) is 11.7 Å². The van der Waals surface area contributed by atoms with Gasteiger partial charge >= 0.3 is 11.9 Å². The van der Waals surface area contributed by atoms with Crippen LogP contribution in [0.25, 0.3) is 0 Å². The maximum Gasteiger partial charge on any atom is 0.373 e. The molecule has 0 spiro atoms. The highest BCUT2D eigenvalue weighted by molar-refractivity contribution is 5.96. The van der Waals surface area contributed by atoms with Crippen LogP contribution >= 0.6 is 0 Å². The normalized spacial score (nSPS) is 16.8. The average molecular weight is 411 g/mol. The fourth-order valence-electron chi connectivity index (χ4n) is 3.54. The number of hydrogen-bond acceptors (Lipinski definition) is 6. The Hall–Kier alpha value is -3.35. The van der Waals surface area contributed by atoms with Gasteiger partial charge in [-0.2, -0.15) is 0 Å². The molecule has 7 heteroatoms. The minimum Gasteiger partial charge on any atom is -0.463 e. The van der Waals surface area contributed by atoms with E-state index in [4.69, 9.17) is 9.15 Å². The van der Waals surface area contributed by atoms with E-state index in [0.29, 0.717) is 17.0 Å². The maximum absolute atomic E-state index is 13.0. The Morgan fingerprint density at radius 2 is 1.83 bits per heavy atom. The third kappa shape index (κ3) is 4.45. The average Bonchev–Trinajstić information content (AvgIpc) is 3.18. The van der Waals surface area contributed by atoms with Crippen molar-refractivity contribution in [1.82, 2.24) is 4.90 Å². The number of esters is 2. The lowest BCUT2D eigenvalue weighted by molar-refractivity contribution is -0.144. The quantitative estimate of drug-likeness (QED) is 0.672. The van der Waals surface area contributed by atoms with Gasteiger partial charge in [0, 0.05) is 18.0 Å². The van der Waals surface area contributed by atoms with Crippen molar-refractivity contribution < 1.29 is 28.3 Å². The van der Waals surface area contributed by atoms with Crippen molar-refractivity contribution in [3.63, 3.8) is 0 Å². The van der Waals surface area contributed by atoms with Crippen LogP contribution in [0.2, 0.25) is 0 Å². The minimum atomic E-state index is -0.594. The Bertz CT molecular complexity index is 973. The summed E-state index contributed by atoms with van der Waals surface area (Å²) in [7, 11) is 1.27. The molecule has 1 aliphatic rings. The Morgan fingerprint density at radius 3 is 2.47 bits per heavy atom. The van der Waals surface area contributed by atoms with E-state index < -0.39 is 11.9 Å². The Balaban J connectivity index is 1.97. The standard InChI is InChI=1S/C23H25NO6/c1-14(2)29-23(27)21-15(3)24(13-17-10-11-19(30-17)22(26)28-4)20(25)12-18(21)16-8-6-5-7-9-16/h5-11,14,18H,12-13H2,1-4H3/t18-/m0/s1. The number of carbonyl (C=O) groups is 3. The zero-order valence-corrected chi connectivity index (χ0v) is 17.5. The molecule has 0 aliphatic carbocycles. The molecule has 158 valence electrons. The van der Waals surface area contributed by atoms with Gasteiger partial charge in [-0.25, -0.2) is 9.59 Å². The Kier molecular flexibility index (Phi) is 6.40. The van der Waals surface area contributed by atoms with E-state index in [1.807, 2.05) is 30.3 Å². The van der Waals surface area contributed by atoms with E-state index in [9.17, 15) is 14.4 Å². The van der Waals surface area contributed by atoms with Gasteiger partial charge in [0.1, 0.15) is 5.76 Å². The van der Waals surface area contributed by atoms with Crippen molar-refractivity contribution in [2.45, 2.75) is 45.8 Å². The zero-order valence-electron chi connectivity index (χ0n) is 17.5. The molecule has 1 aromatic carbocycles. The fourth-order valence-corrected chi connectivity index (χ4v) is 3.54. The van der Waals surface area contributed by atoms with Crippen LogP contribution in [0.1, 0.15) is 55.0 Å². The van der Waals surface area contributed by atoms with Crippen molar-refractivity contribution >= 4 is 17.8 Å². The summed E-state index contributed by atoms with van der Waals surface area (Å²) in [5.74, 6) is -1.09. The van der Waals surface area contributed by atoms with E-state index in [1.165, 1.54) is 18.1 Å². The number of benzene rings is 1. The van der Waals surface area contributed by atoms with Crippen LogP contribution < -0.4 is 0 Å². The molecule has 0 fully saturated rings. The largest absolute Gasteiger partial charge is 0.463 e. The number of furan rings is 1. The van der Waals surface area contributed by atoms with Gasteiger partial charge in [-0.3, -0.25) is 4.79 Å². The number of hydrogen-bond donors (Lipinski definition) is 0. The molecule has 1 aromatic heterocycles. The second-order valence-corrected chi connectivity index (χ2v) is 7.36. The van der Waals surface area contributed by atoms with E-state index in [0.717, 1.165) is 5.56 Å². The van der Waals surface area contributed by atoms with E-state index in [1.54, 1.807) is 26.8 Å². The molecule has 30 heavy (non-hydrogen) atoms. The van der Waals surface area contributed by atoms with Crippen molar-refractivity contribution in [3.8, 4) is 0 Å². The van der Waals surface area contributed by atoms with Gasteiger partial charge in [0.05, 0.1) is 25.3 Å². The molecule has 0 bridgehead atoms. The molecule has 0 radical (unpaired) electrons. The van der Waals surface area contributed by atoms with Gasteiger partial charge in [-0.1, -0.05) is 30.3 Å². The summed E-state index contributed by atoms with van der Waals surface area (Å²) >= 11 is 0. The van der Waals surface area contributed by atoms with Gasteiger partial charge in [0.25, 0.3) is 0 Å². The van der Waals surface area contributed by atoms with Gasteiger partial charge in [0.15, 0.2) is 0 Å². The summed E-state index contributed by atoms with van der Waals surface area (Å²) in [6.45, 7) is 5.40. The Morgan fingerprint density at radius 1 is 1.13 bits per heavy atom. The van der Waals surface area contributed by atoms with Crippen LogP contribution in [0, 0.1) is 0 Å². The molecule has 0 N–H and O–H groups in total. The van der Waals surface area contributed by atoms with Gasteiger partial charge in [-0.15, -0.1) is 0 Å². The minimum absolute atomic E-state index is 0.0557. The second-order valence-electron chi connectivity index (χ2n) is 7.36. The zero-order chi connectivity index (χ0) is 21.8. The number of ether oxygens (including phenoxy) is 2.